The number of hydrogen-bond acceptors (Lipinski definition) is 4. The SMILES string of the molecule is CN(C)c1ccc2c(c1)C(O)(c1ccccc1)c1cc(N(C)C)ccc1C2=O. The monoisotopic (exact) mass is 372 g/mol. The minimum Gasteiger partial charge on any atom is -0.378 e. The first-order chi connectivity index (χ1) is 13.3. The first-order valence-corrected chi connectivity index (χ1v) is 9.30. The molecule has 0 saturated carbocycles. The van der Waals surface area contributed by atoms with Gasteiger partial charge in [-0.15, -0.1) is 0 Å². The third-order valence-corrected chi connectivity index (χ3v) is 5.50. The zero-order chi connectivity index (χ0) is 20.1. The van der Waals surface area contributed by atoms with Crippen molar-refractivity contribution < 1.29 is 9.90 Å². The maximum absolute atomic E-state index is 13.3. The molecule has 0 atom stereocenters. The lowest BCUT2D eigenvalue weighted by Gasteiger charge is -2.37. The summed E-state index contributed by atoms with van der Waals surface area (Å²) < 4.78 is 0. The summed E-state index contributed by atoms with van der Waals surface area (Å²) in [6.45, 7) is 0. The number of anilines is 2. The van der Waals surface area contributed by atoms with Gasteiger partial charge in [-0.25, -0.2) is 0 Å². The molecule has 0 amide bonds. The highest BCUT2D eigenvalue weighted by atomic mass is 16.3. The second kappa shape index (κ2) is 6.50. The number of nitrogens with zero attached hydrogens (tertiary/aromatic N) is 2. The molecule has 142 valence electrons. The molecule has 0 heterocycles. The summed E-state index contributed by atoms with van der Waals surface area (Å²) >= 11 is 0. The van der Waals surface area contributed by atoms with Crippen LogP contribution in [0.3, 0.4) is 0 Å². The van der Waals surface area contributed by atoms with E-state index in [-0.39, 0.29) is 5.78 Å². The van der Waals surface area contributed by atoms with Gasteiger partial charge in [0.1, 0.15) is 5.60 Å². The number of ketones is 1. The number of carbonyl (C=O) groups excluding carboxylic acids is 1. The predicted molar refractivity (Wildman–Crippen MR) is 114 cm³/mol. The van der Waals surface area contributed by atoms with Crippen molar-refractivity contribution in [3.8, 4) is 0 Å². The van der Waals surface area contributed by atoms with Crippen molar-refractivity contribution >= 4 is 17.2 Å². The second-order valence-electron chi connectivity index (χ2n) is 7.65. The Hall–Kier alpha value is -3.11. The summed E-state index contributed by atoms with van der Waals surface area (Å²) in [5.74, 6) is -0.0544. The van der Waals surface area contributed by atoms with Gasteiger partial charge in [0.2, 0.25) is 0 Å². The smallest absolute Gasteiger partial charge is 0.193 e. The molecule has 0 bridgehead atoms. The van der Waals surface area contributed by atoms with Crippen molar-refractivity contribution in [3.63, 3.8) is 0 Å². The van der Waals surface area contributed by atoms with E-state index >= 15 is 0 Å². The number of hydrogen-bond donors (Lipinski definition) is 1. The first-order valence-electron chi connectivity index (χ1n) is 9.30. The Morgan fingerprint density at radius 1 is 0.714 bits per heavy atom. The van der Waals surface area contributed by atoms with E-state index in [9.17, 15) is 9.90 Å². The molecule has 1 aliphatic rings. The maximum atomic E-state index is 13.3. The second-order valence-corrected chi connectivity index (χ2v) is 7.65. The summed E-state index contributed by atoms with van der Waals surface area (Å²) in [5.41, 5.74) is 3.55. The molecule has 0 unspecified atom stereocenters. The van der Waals surface area contributed by atoms with Crippen LogP contribution in [0.4, 0.5) is 11.4 Å². The summed E-state index contributed by atoms with van der Waals surface area (Å²) in [7, 11) is 7.80. The van der Waals surface area contributed by atoms with Crippen molar-refractivity contribution in [3.05, 3.63) is 94.5 Å². The Balaban J connectivity index is 2.09. The van der Waals surface area contributed by atoms with Crippen LogP contribution < -0.4 is 9.80 Å². The van der Waals surface area contributed by atoms with Crippen molar-refractivity contribution in [1.29, 1.82) is 0 Å². The van der Waals surface area contributed by atoms with E-state index in [1.54, 1.807) is 0 Å². The number of benzene rings is 3. The largest absolute Gasteiger partial charge is 0.378 e. The van der Waals surface area contributed by atoms with Gasteiger partial charge in [-0.2, -0.15) is 0 Å². The molecule has 4 rings (SSSR count). The Morgan fingerprint density at radius 3 is 1.61 bits per heavy atom. The Bertz CT molecular complexity index is 994. The molecule has 4 nitrogen and oxygen atoms in total. The van der Waals surface area contributed by atoms with Gasteiger partial charge < -0.3 is 14.9 Å². The van der Waals surface area contributed by atoms with Gasteiger partial charge in [0, 0.05) is 61.8 Å². The normalized spacial score (nSPS) is 14.2. The maximum Gasteiger partial charge on any atom is 0.193 e. The van der Waals surface area contributed by atoms with Crippen LogP contribution in [0, 0.1) is 0 Å². The zero-order valence-corrected chi connectivity index (χ0v) is 16.6. The third kappa shape index (κ3) is 2.60. The van der Waals surface area contributed by atoms with E-state index in [0.717, 1.165) is 16.9 Å². The van der Waals surface area contributed by atoms with E-state index < -0.39 is 5.60 Å². The molecule has 0 radical (unpaired) electrons. The Labute approximate surface area is 165 Å². The van der Waals surface area contributed by atoms with E-state index in [0.29, 0.717) is 22.3 Å². The lowest BCUT2D eigenvalue weighted by atomic mass is 9.70. The van der Waals surface area contributed by atoms with Gasteiger partial charge in [-0.3, -0.25) is 4.79 Å². The van der Waals surface area contributed by atoms with Gasteiger partial charge in [-0.05, 0) is 42.0 Å². The van der Waals surface area contributed by atoms with E-state index in [1.807, 2.05) is 105 Å². The number of aliphatic hydroxyl groups is 1. The molecule has 0 aliphatic heterocycles. The van der Waals surface area contributed by atoms with E-state index in [1.165, 1.54) is 0 Å². The molecule has 28 heavy (non-hydrogen) atoms. The molecule has 1 aliphatic carbocycles. The summed E-state index contributed by atoms with van der Waals surface area (Å²) in [4.78, 5) is 17.2. The van der Waals surface area contributed by atoms with Crippen LogP contribution in [0.2, 0.25) is 0 Å². The summed E-state index contributed by atoms with van der Waals surface area (Å²) in [5, 5.41) is 12.2. The highest BCUT2D eigenvalue weighted by Gasteiger charge is 2.44. The van der Waals surface area contributed by atoms with Crippen LogP contribution in [0.5, 0.6) is 0 Å². The molecule has 0 saturated heterocycles. The molecular formula is C24H24N2O2. The topological polar surface area (TPSA) is 43.8 Å². The van der Waals surface area contributed by atoms with Crippen molar-refractivity contribution in [2.24, 2.45) is 0 Å². The fraction of sp³-hybridized carbons (Fsp3) is 0.208. The third-order valence-electron chi connectivity index (χ3n) is 5.50. The van der Waals surface area contributed by atoms with Crippen LogP contribution in [0.25, 0.3) is 0 Å². The lowest BCUT2D eigenvalue weighted by molar-refractivity contribution is 0.0950. The van der Waals surface area contributed by atoms with Crippen molar-refractivity contribution in [1.82, 2.24) is 0 Å². The highest BCUT2D eigenvalue weighted by molar-refractivity contribution is 6.13. The standard InChI is InChI=1S/C24H24N2O2/c1-25(2)17-10-12-19-21(14-17)24(28,16-8-6-5-7-9-16)22-15-18(26(3)4)11-13-20(22)23(19)27/h5-15,28H,1-4H3. The molecule has 0 aromatic heterocycles. The first kappa shape index (κ1) is 18.3. The van der Waals surface area contributed by atoms with Crippen LogP contribution in [-0.4, -0.2) is 39.1 Å². The van der Waals surface area contributed by atoms with Gasteiger partial charge in [-0.1, -0.05) is 30.3 Å². The predicted octanol–water partition coefficient (Wildman–Crippen LogP) is 3.65. The number of carbonyl (C=O) groups is 1. The average molecular weight is 372 g/mol. The fourth-order valence-electron chi connectivity index (χ4n) is 3.90. The Morgan fingerprint density at radius 2 is 1.18 bits per heavy atom. The van der Waals surface area contributed by atoms with Crippen LogP contribution in [0.15, 0.2) is 66.7 Å². The molecule has 3 aromatic rings. The summed E-state index contributed by atoms with van der Waals surface area (Å²) in [6.07, 6.45) is 0. The van der Waals surface area contributed by atoms with Crippen LogP contribution in [0.1, 0.15) is 32.6 Å². The molecule has 4 heteroatoms. The van der Waals surface area contributed by atoms with Crippen LogP contribution >= 0.6 is 0 Å². The van der Waals surface area contributed by atoms with E-state index in [2.05, 4.69) is 0 Å². The summed E-state index contributed by atoms with van der Waals surface area (Å²) in [6, 6.07) is 20.9. The van der Waals surface area contributed by atoms with E-state index in [4.69, 9.17) is 0 Å². The lowest BCUT2D eigenvalue weighted by Crippen LogP contribution is -2.37. The zero-order valence-electron chi connectivity index (χ0n) is 16.6. The highest BCUT2D eigenvalue weighted by Crippen LogP contribution is 2.46. The van der Waals surface area contributed by atoms with Gasteiger partial charge >= 0.3 is 0 Å². The molecule has 0 fully saturated rings. The van der Waals surface area contributed by atoms with Gasteiger partial charge in [0.15, 0.2) is 5.78 Å². The van der Waals surface area contributed by atoms with Gasteiger partial charge in [0.05, 0.1) is 0 Å². The quantitative estimate of drug-likeness (QED) is 0.762. The average Bonchev–Trinajstić information content (AvgIpc) is 2.71. The van der Waals surface area contributed by atoms with Crippen molar-refractivity contribution in [2.45, 2.75) is 5.60 Å². The van der Waals surface area contributed by atoms with Crippen molar-refractivity contribution in [2.75, 3.05) is 38.0 Å². The minimum atomic E-state index is -1.40. The Kier molecular flexibility index (Phi) is 4.24. The fourth-order valence-corrected chi connectivity index (χ4v) is 3.90. The number of fused-ring (bicyclic) bond motifs is 2. The minimum absolute atomic E-state index is 0.0544. The van der Waals surface area contributed by atoms with Gasteiger partial charge in [0.25, 0.3) is 0 Å². The molecule has 1 N–H and O–H groups in total. The molecule has 0 spiro atoms. The molecule has 3 aromatic carbocycles. The molecular weight excluding hydrogens is 348 g/mol. The number of rotatable bonds is 3. The van der Waals surface area contributed by atoms with Crippen LogP contribution in [-0.2, 0) is 5.60 Å².